The third kappa shape index (κ3) is 4.47. The van der Waals surface area contributed by atoms with E-state index in [1.807, 2.05) is 25.1 Å². The van der Waals surface area contributed by atoms with Crippen molar-refractivity contribution in [2.24, 2.45) is 15.9 Å². The number of ether oxygens (including phenoxy) is 1. The van der Waals surface area contributed by atoms with Crippen LogP contribution < -0.4 is 10.5 Å². The number of terminal acetylenes is 1. The van der Waals surface area contributed by atoms with E-state index < -0.39 is 6.17 Å². The number of aliphatic hydroxyl groups is 1. The van der Waals surface area contributed by atoms with Crippen LogP contribution in [0.4, 0.5) is 0 Å². The molecular weight excluding hydrogens is 314 g/mol. The Kier molecular flexibility index (Phi) is 6.02. The summed E-state index contributed by atoms with van der Waals surface area (Å²) in [4.78, 5) is 15.1. The van der Waals surface area contributed by atoms with Gasteiger partial charge in [0.15, 0.2) is 12.1 Å². The number of nitrogens with two attached hydrogens (primary N) is 1. The van der Waals surface area contributed by atoms with E-state index in [9.17, 15) is 10.0 Å². The molecule has 1 heterocycles. The van der Waals surface area contributed by atoms with Gasteiger partial charge in [-0.3, -0.25) is 0 Å². The second-order valence-corrected chi connectivity index (χ2v) is 6.81. The number of nitrogens with zero attached hydrogens (tertiary/aromatic N) is 2. The zero-order valence-electron chi connectivity index (χ0n) is 12.8. The lowest BCUT2D eigenvalue weighted by atomic mass is 9.89. The lowest BCUT2D eigenvalue weighted by molar-refractivity contribution is 0.369. The van der Waals surface area contributed by atoms with Crippen LogP contribution in [-0.2, 0) is 0 Å². The molecule has 3 N–H and O–H groups in total. The van der Waals surface area contributed by atoms with Crippen LogP contribution in [0.25, 0.3) is 0 Å². The van der Waals surface area contributed by atoms with Gasteiger partial charge in [-0.05, 0) is 29.8 Å². The topological polar surface area (TPSA) is 97.3 Å². The fraction of sp³-hybridized carbons (Fsp3) is 0.438. The van der Waals surface area contributed by atoms with Crippen LogP contribution >= 0.6 is 11.8 Å². The molecule has 1 aromatic rings. The largest absolute Gasteiger partial charge is 0.497 e. The molecule has 0 spiro atoms. The molecule has 1 aliphatic rings. The van der Waals surface area contributed by atoms with Crippen molar-refractivity contribution in [3.05, 3.63) is 34.7 Å². The van der Waals surface area contributed by atoms with Crippen molar-refractivity contribution in [1.29, 1.82) is 0 Å². The van der Waals surface area contributed by atoms with Gasteiger partial charge in [0, 0.05) is 17.7 Å². The molecule has 7 heteroatoms. The third-order valence-electron chi connectivity index (χ3n) is 3.46. The van der Waals surface area contributed by atoms with Crippen molar-refractivity contribution >= 4 is 17.7 Å². The van der Waals surface area contributed by atoms with E-state index in [-0.39, 0.29) is 29.0 Å². The number of benzene rings is 1. The molecule has 0 saturated carbocycles. The van der Waals surface area contributed by atoms with Crippen molar-refractivity contribution in [3.63, 3.8) is 0 Å². The monoisotopic (exact) mass is 333 g/mol. The van der Waals surface area contributed by atoms with Crippen LogP contribution in [0.1, 0.15) is 24.8 Å². The lowest BCUT2D eigenvalue weighted by Crippen LogP contribution is -2.36. The molecule has 0 fully saturated rings. The lowest BCUT2D eigenvalue weighted by Gasteiger charge is -2.32. The molecule has 0 radical (unpaired) electrons. The Morgan fingerprint density at radius 2 is 2.43 bits per heavy atom. The van der Waals surface area contributed by atoms with Crippen molar-refractivity contribution in [2.45, 2.75) is 36.1 Å². The molecule has 0 aliphatic carbocycles. The quantitative estimate of drug-likeness (QED) is 0.474. The van der Waals surface area contributed by atoms with E-state index in [1.54, 1.807) is 6.07 Å². The summed E-state index contributed by atoms with van der Waals surface area (Å²) in [5.74, 6) is 2.84. The van der Waals surface area contributed by atoms with Crippen molar-refractivity contribution in [3.8, 4) is 18.1 Å². The summed E-state index contributed by atoms with van der Waals surface area (Å²) in [5, 5.41) is 12.5. The van der Waals surface area contributed by atoms with E-state index in [1.165, 1.54) is 11.8 Å². The number of hydrogen-bond acceptors (Lipinski definition) is 6. The smallest absolute Gasteiger partial charge is 0.197 e. The maximum atomic E-state index is 11.1. The molecule has 0 saturated heterocycles. The van der Waals surface area contributed by atoms with Crippen LogP contribution in [0.15, 0.2) is 34.4 Å². The number of aliphatic hydroxyl groups excluding tert-OH is 1. The standard InChI is InChI=1S/C16H19N3O3S/c1-3-7-22-12-6-4-5-11(8-12)13-9-14(20)18-16(19-21)15(13)23-10(2)17/h1,4-6,8,10,13,15-16H,7,9,17H2,2H3,(H,18,20). The van der Waals surface area contributed by atoms with E-state index >= 15 is 0 Å². The molecule has 122 valence electrons. The number of thioether (sulfide) groups is 1. The highest BCUT2D eigenvalue weighted by Crippen LogP contribution is 2.40. The number of rotatable bonds is 6. The Morgan fingerprint density at radius 3 is 3.09 bits per heavy atom. The summed E-state index contributed by atoms with van der Waals surface area (Å²) in [7, 11) is 0. The van der Waals surface area contributed by atoms with Crippen LogP contribution in [0.5, 0.6) is 5.75 Å². The summed E-state index contributed by atoms with van der Waals surface area (Å²) in [5.41, 5.74) is 6.80. The van der Waals surface area contributed by atoms with Crippen LogP contribution in [0.3, 0.4) is 0 Å². The Labute approximate surface area is 139 Å². The highest BCUT2D eigenvalue weighted by molar-refractivity contribution is 8.00. The predicted octanol–water partition coefficient (Wildman–Crippen LogP) is 2.64. The summed E-state index contributed by atoms with van der Waals surface area (Å²) in [6.45, 7) is 2.02. The van der Waals surface area contributed by atoms with Crippen molar-refractivity contribution in [1.82, 2.24) is 0 Å². The fourth-order valence-electron chi connectivity index (χ4n) is 2.56. The van der Waals surface area contributed by atoms with Crippen molar-refractivity contribution in [2.75, 3.05) is 6.61 Å². The normalized spacial score (nSPS) is 25.1. The Balaban J connectivity index is 2.32. The molecule has 1 aromatic carbocycles. The van der Waals surface area contributed by atoms with Gasteiger partial charge >= 0.3 is 0 Å². The highest BCUT2D eigenvalue weighted by atomic mass is 32.2. The summed E-state index contributed by atoms with van der Waals surface area (Å²) >= 11 is 1.43. The maximum absolute atomic E-state index is 11.1. The molecule has 2 rings (SSSR count). The van der Waals surface area contributed by atoms with Gasteiger partial charge in [0.2, 0.25) is 0 Å². The second kappa shape index (κ2) is 7.99. The first-order valence-corrected chi connectivity index (χ1v) is 8.14. The molecule has 0 aromatic heterocycles. The first kappa shape index (κ1) is 17.3. The van der Waals surface area contributed by atoms with Crippen LogP contribution in [0.2, 0.25) is 0 Å². The Bertz CT molecular complexity index is 627. The van der Waals surface area contributed by atoms with Gasteiger partial charge in [-0.2, -0.15) is 0 Å². The van der Waals surface area contributed by atoms with E-state index in [2.05, 4.69) is 16.1 Å². The second-order valence-electron chi connectivity index (χ2n) is 5.25. The average molecular weight is 333 g/mol. The SMILES string of the molecule is C#CCOc1cccc(C2CC(O)=NC(N=O)C2SC(C)N)c1. The first-order chi connectivity index (χ1) is 11.0. The predicted molar refractivity (Wildman–Crippen MR) is 92.8 cm³/mol. The minimum absolute atomic E-state index is 0.0731. The molecule has 0 amide bonds. The zero-order chi connectivity index (χ0) is 16.8. The van der Waals surface area contributed by atoms with Gasteiger partial charge in [-0.25, -0.2) is 4.99 Å². The molecule has 6 nitrogen and oxygen atoms in total. The average Bonchev–Trinajstić information content (AvgIpc) is 2.54. The highest BCUT2D eigenvalue weighted by Gasteiger charge is 2.37. The molecule has 1 aliphatic heterocycles. The van der Waals surface area contributed by atoms with Gasteiger partial charge in [0.1, 0.15) is 12.4 Å². The molecule has 4 unspecified atom stereocenters. The van der Waals surface area contributed by atoms with Crippen LogP contribution in [0, 0.1) is 17.3 Å². The van der Waals surface area contributed by atoms with Gasteiger partial charge in [-0.15, -0.1) is 23.1 Å². The Morgan fingerprint density at radius 1 is 1.65 bits per heavy atom. The minimum atomic E-state index is -0.861. The summed E-state index contributed by atoms with van der Waals surface area (Å²) < 4.78 is 5.44. The first-order valence-electron chi connectivity index (χ1n) is 7.20. The molecular formula is C16H19N3O3S. The van der Waals surface area contributed by atoms with Crippen LogP contribution in [-0.4, -0.2) is 34.4 Å². The molecule has 23 heavy (non-hydrogen) atoms. The number of hydrogen-bond donors (Lipinski definition) is 2. The summed E-state index contributed by atoms with van der Waals surface area (Å²) in [6, 6.07) is 7.43. The Hall–Kier alpha value is -2.04. The minimum Gasteiger partial charge on any atom is -0.497 e. The third-order valence-corrected chi connectivity index (χ3v) is 4.78. The van der Waals surface area contributed by atoms with E-state index in [4.69, 9.17) is 16.9 Å². The van der Waals surface area contributed by atoms with E-state index in [0.29, 0.717) is 12.2 Å². The van der Waals surface area contributed by atoms with Gasteiger partial charge < -0.3 is 15.6 Å². The van der Waals surface area contributed by atoms with Gasteiger partial charge in [0.05, 0.1) is 5.25 Å². The van der Waals surface area contributed by atoms with Gasteiger partial charge in [0.25, 0.3) is 0 Å². The zero-order valence-corrected chi connectivity index (χ0v) is 13.6. The van der Waals surface area contributed by atoms with Crippen molar-refractivity contribution < 1.29 is 9.84 Å². The molecule has 4 atom stereocenters. The molecule has 0 bridgehead atoms. The fourth-order valence-corrected chi connectivity index (χ4v) is 3.75. The summed E-state index contributed by atoms with van der Waals surface area (Å²) in [6.07, 6.45) is 4.67. The number of nitroso groups, excluding NO2 is 1. The maximum Gasteiger partial charge on any atom is 0.197 e. The number of aliphatic imine (C=N–C) groups is 1. The van der Waals surface area contributed by atoms with E-state index in [0.717, 1.165) is 5.56 Å². The van der Waals surface area contributed by atoms with Gasteiger partial charge in [-0.1, -0.05) is 18.1 Å².